The molecule has 1 aliphatic heterocycles. The number of hydrogen-bond donors (Lipinski definition) is 0. The molecule has 0 amide bonds. The molecule has 6 heteroatoms. The van der Waals surface area contributed by atoms with Crippen molar-refractivity contribution < 1.29 is 13.2 Å². The number of nitrogens with zero attached hydrogens (tertiary/aromatic N) is 2. The monoisotopic (exact) mass is 422 g/mol. The molecule has 2 aromatic carbocycles. The van der Waals surface area contributed by atoms with Gasteiger partial charge in [0.2, 0.25) is 0 Å². The van der Waals surface area contributed by atoms with E-state index in [1.807, 2.05) is 0 Å². The molecule has 0 saturated carbocycles. The third kappa shape index (κ3) is 4.46. The van der Waals surface area contributed by atoms with Gasteiger partial charge in [0, 0.05) is 29.7 Å². The molecule has 4 rings (SSSR count). The van der Waals surface area contributed by atoms with E-state index in [-0.39, 0.29) is 12.4 Å². The lowest BCUT2D eigenvalue weighted by Crippen LogP contribution is -2.17. The molecule has 0 atom stereocenters. The third-order valence-corrected chi connectivity index (χ3v) is 5.73. The average Bonchev–Trinajstić information content (AvgIpc) is 2.78. The Balaban J connectivity index is 0.00000240. The third-order valence-electron chi connectivity index (χ3n) is 5.73. The molecule has 0 fully saturated rings. The summed E-state index contributed by atoms with van der Waals surface area (Å²) in [6, 6.07) is 12.2. The van der Waals surface area contributed by atoms with E-state index in [1.54, 1.807) is 12.1 Å². The molecule has 1 aliphatic rings. The first-order valence-corrected chi connectivity index (χ1v) is 9.78. The molecule has 0 spiro atoms. The van der Waals surface area contributed by atoms with Gasteiger partial charge in [-0.1, -0.05) is 23.8 Å². The van der Waals surface area contributed by atoms with Crippen LogP contribution in [0.4, 0.5) is 13.2 Å². The summed E-state index contributed by atoms with van der Waals surface area (Å²) in [6.07, 6.45) is -1.39. The molecule has 0 aliphatic carbocycles. The van der Waals surface area contributed by atoms with E-state index in [9.17, 15) is 13.2 Å². The minimum Gasteiger partial charge on any atom is -0.344 e. The van der Waals surface area contributed by atoms with Crippen LogP contribution in [0.15, 0.2) is 42.5 Å². The molecule has 29 heavy (non-hydrogen) atoms. The van der Waals surface area contributed by atoms with Gasteiger partial charge < -0.3 is 9.47 Å². The van der Waals surface area contributed by atoms with Gasteiger partial charge in [0.25, 0.3) is 0 Å². The highest BCUT2D eigenvalue weighted by Gasteiger charge is 2.30. The lowest BCUT2D eigenvalue weighted by molar-refractivity contribution is -0.137. The maximum atomic E-state index is 12.8. The maximum Gasteiger partial charge on any atom is 0.416 e. The smallest absolute Gasteiger partial charge is 0.344 e. The Morgan fingerprint density at radius 1 is 1.03 bits per heavy atom. The molecule has 0 unspecified atom stereocenters. The fourth-order valence-electron chi connectivity index (χ4n) is 4.28. The van der Waals surface area contributed by atoms with Gasteiger partial charge in [-0.05, 0) is 75.2 Å². The Morgan fingerprint density at radius 3 is 2.45 bits per heavy atom. The highest BCUT2D eigenvalue weighted by molar-refractivity contribution is 5.86. The van der Waals surface area contributed by atoms with E-state index in [4.69, 9.17) is 0 Å². The van der Waals surface area contributed by atoms with Gasteiger partial charge >= 0.3 is 6.18 Å². The molecular formula is C23H26ClF3N2. The Morgan fingerprint density at radius 2 is 1.76 bits per heavy atom. The number of benzene rings is 2. The van der Waals surface area contributed by atoms with E-state index in [1.165, 1.54) is 39.9 Å². The highest BCUT2D eigenvalue weighted by atomic mass is 35.5. The Kier molecular flexibility index (Phi) is 6.30. The van der Waals surface area contributed by atoms with Gasteiger partial charge in [-0.25, -0.2) is 0 Å². The predicted molar refractivity (Wildman–Crippen MR) is 114 cm³/mol. The molecule has 2 heterocycles. The van der Waals surface area contributed by atoms with Crippen molar-refractivity contribution in [2.75, 3.05) is 13.6 Å². The van der Waals surface area contributed by atoms with Gasteiger partial charge in [-0.2, -0.15) is 13.2 Å². The zero-order valence-corrected chi connectivity index (χ0v) is 17.5. The van der Waals surface area contributed by atoms with Crippen LogP contribution in [0.5, 0.6) is 0 Å². The van der Waals surface area contributed by atoms with E-state index >= 15 is 0 Å². The first kappa shape index (κ1) is 21.7. The number of aryl methyl sites for hydroxylation is 3. The number of halogens is 4. The second kappa shape index (κ2) is 8.41. The van der Waals surface area contributed by atoms with Crippen molar-refractivity contribution in [3.05, 3.63) is 70.4 Å². The number of fused-ring (bicyclic) bond motifs is 3. The number of alkyl halides is 3. The summed E-state index contributed by atoms with van der Waals surface area (Å²) in [6.45, 7) is 4.93. The Labute approximate surface area is 175 Å². The van der Waals surface area contributed by atoms with Crippen LogP contribution >= 0.6 is 12.4 Å². The summed E-state index contributed by atoms with van der Waals surface area (Å²) in [4.78, 5) is 2.37. The summed E-state index contributed by atoms with van der Waals surface area (Å²) in [5, 5.41) is 1.32. The van der Waals surface area contributed by atoms with Crippen LogP contribution in [0, 0.1) is 6.92 Å². The average molecular weight is 423 g/mol. The zero-order valence-electron chi connectivity index (χ0n) is 16.7. The molecule has 1 aromatic heterocycles. The fourth-order valence-corrected chi connectivity index (χ4v) is 4.28. The minimum atomic E-state index is -4.28. The number of hydrogen-bond acceptors (Lipinski definition) is 1. The molecular weight excluding hydrogens is 397 g/mol. The van der Waals surface area contributed by atoms with Crippen LogP contribution in [-0.4, -0.2) is 23.1 Å². The van der Waals surface area contributed by atoms with Crippen LogP contribution in [0.1, 0.15) is 34.4 Å². The van der Waals surface area contributed by atoms with Gasteiger partial charge in [0.15, 0.2) is 0 Å². The van der Waals surface area contributed by atoms with Crippen LogP contribution in [0.2, 0.25) is 0 Å². The Hall–Kier alpha value is -1.98. The van der Waals surface area contributed by atoms with Crippen molar-refractivity contribution in [2.45, 2.75) is 45.5 Å². The van der Waals surface area contributed by atoms with Crippen LogP contribution in [0.3, 0.4) is 0 Å². The summed E-state index contributed by atoms with van der Waals surface area (Å²) in [5.41, 5.74) is 5.62. The van der Waals surface area contributed by atoms with Crippen molar-refractivity contribution in [3.8, 4) is 0 Å². The summed E-state index contributed by atoms with van der Waals surface area (Å²) >= 11 is 0. The van der Waals surface area contributed by atoms with E-state index in [0.717, 1.165) is 44.5 Å². The second-order valence-corrected chi connectivity index (χ2v) is 7.88. The van der Waals surface area contributed by atoms with E-state index < -0.39 is 11.7 Å². The van der Waals surface area contributed by atoms with Crippen molar-refractivity contribution in [1.29, 1.82) is 0 Å². The van der Waals surface area contributed by atoms with E-state index in [2.05, 4.69) is 41.6 Å². The quantitative estimate of drug-likeness (QED) is 0.501. The predicted octanol–water partition coefficient (Wildman–Crippen LogP) is 6.01. The molecule has 2 nitrogen and oxygen atoms in total. The van der Waals surface area contributed by atoms with Crippen molar-refractivity contribution in [2.24, 2.45) is 0 Å². The van der Waals surface area contributed by atoms with Crippen molar-refractivity contribution >= 4 is 23.3 Å². The van der Waals surface area contributed by atoms with Gasteiger partial charge in [-0.15, -0.1) is 12.4 Å². The second-order valence-electron chi connectivity index (χ2n) is 7.88. The summed E-state index contributed by atoms with van der Waals surface area (Å²) in [7, 11) is 2.16. The fraction of sp³-hybridized carbons (Fsp3) is 0.391. The normalized spacial score (nSPS) is 15.1. The van der Waals surface area contributed by atoms with Crippen LogP contribution < -0.4 is 0 Å². The summed E-state index contributed by atoms with van der Waals surface area (Å²) in [5.74, 6) is 0. The molecule has 156 valence electrons. The van der Waals surface area contributed by atoms with Gasteiger partial charge in [-0.3, -0.25) is 0 Å². The first-order chi connectivity index (χ1) is 13.3. The van der Waals surface area contributed by atoms with Crippen molar-refractivity contribution in [1.82, 2.24) is 9.47 Å². The van der Waals surface area contributed by atoms with Crippen LogP contribution in [-0.2, 0) is 32.1 Å². The van der Waals surface area contributed by atoms with E-state index in [0.29, 0.717) is 0 Å². The number of rotatable bonds is 3. The lowest BCUT2D eigenvalue weighted by Gasteiger charge is -2.12. The topological polar surface area (TPSA) is 8.17 Å². The van der Waals surface area contributed by atoms with Crippen molar-refractivity contribution in [3.63, 3.8) is 0 Å². The Bertz CT molecular complexity index is 990. The van der Waals surface area contributed by atoms with Crippen LogP contribution in [0.25, 0.3) is 10.9 Å². The largest absolute Gasteiger partial charge is 0.416 e. The summed E-state index contributed by atoms with van der Waals surface area (Å²) < 4.78 is 40.7. The van der Waals surface area contributed by atoms with Gasteiger partial charge in [0.05, 0.1) is 5.56 Å². The SMILES string of the molecule is Cc1ccc2c(c1)c1c(n2CCc2ccc(C(F)(F)F)cc2)CCCN(C)C1.Cl. The molecule has 0 radical (unpaired) electrons. The minimum absolute atomic E-state index is 0. The molecule has 0 saturated heterocycles. The highest BCUT2D eigenvalue weighted by Crippen LogP contribution is 2.32. The number of aromatic nitrogens is 1. The lowest BCUT2D eigenvalue weighted by atomic mass is 10.1. The zero-order chi connectivity index (χ0) is 19.9. The molecule has 0 N–H and O–H groups in total. The molecule has 0 bridgehead atoms. The maximum absolute atomic E-state index is 12.8. The molecule has 3 aromatic rings. The van der Waals surface area contributed by atoms with Gasteiger partial charge in [0.1, 0.15) is 0 Å². The first-order valence-electron chi connectivity index (χ1n) is 9.78. The standard InChI is InChI=1S/C23H25F3N2.ClH/c1-16-5-10-22-19(14-16)20-15-27(2)12-3-4-21(20)28(22)13-11-17-6-8-18(9-7-17)23(24,25)26;/h5-10,14H,3-4,11-13,15H2,1-2H3;1H.